The molecule has 0 fully saturated rings. The molecule has 1 atom stereocenters. The first kappa shape index (κ1) is 10.9. The average molecular weight is 211 g/mol. The van der Waals surface area contributed by atoms with Crippen LogP contribution in [0.3, 0.4) is 0 Å². The summed E-state index contributed by atoms with van der Waals surface area (Å²) >= 11 is 0. The monoisotopic (exact) mass is 211 g/mol. The fourth-order valence-corrected chi connectivity index (χ4v) is 1.93. The van der Waals surface area contributed by atoms with E-state index >= 15 is 0 Å². The van der Waals surface area contributed by atoms with Crippen molar-refractivity contribution in [1.29, 1.82) is 0 Å². The Kier molecular flexibility index (Phi) is 3.07. The molecule has 82 valence electrons. The summed E-state index contributed by atoms with van der Waals surface area (Å²) in [6.07, 6.45) is 0.846. The molecule has 16 heavy (non-hydrogen) atoms. The average Bonchev–Trinajstić information content (AvgIpc) is 2.27. The van der Waals surface area contributed by atoms with Crippen molar-refractivity contribution in [1.82, 2.24) is 0 Å². The van der Waals surface area contributed by atoms with Gasteiger partial charge >= 0.3 is 0 Å². The van der Waals surface area contributed by atoms with Crippen molar-refractivity contribution in [3.8, 4) is 0 Å². The van der Waals surface area contributed by atoms with Gasteiger partial charge in [0.25, 0.3) is 0 Å². The molecule has 2 aromatic carbocycles. The second kappa shape index (κ2) is 4.50. The van der Waals surface area contributed by atoms with Crippen LogP contribution in [0.1, 0.15) is 24.9 Å². The van der Waals surface area contributed by atoms with E-state index < -0.39 is 0 Å². The molecule has 0 heterocycles. The van der Waals surface area contributed by atoms with Gasteiger partial charge in [-0.25, -0.2) is 0 Å². The standard InChI is InChI=1S/C15H17N/c1-11(2)9-15(16)14-8-7-12-5-3-4-6-13(12)10-14/h3-8,10,15H,1,9,16H2,2H3/t15-/m1/s1. The van der Waals surface area contributed by atoms with Gasteiger partial charge in [0.2, 0.25) is 0 Å². The van der Waals surface area contributed by atoms with E-state index in [1.807, 2.05) is 6.92 Å². The van der Waals surface area contributed by atoms with Gasteiger partial charge in [0.15, 0.2) is 0 Å². The van der Waals surface area contributed by atoms with Crippen LogP contribution in [-0.4, -0.2) is 0 Å². The van der Waals surface area contributed by atoms with Crippen LogP contribution in [0.15, 0.2) is 54.6 Å². The summed E-state index contributed by atoms with van der Waals surface area (Å²) < 4.78 is 0. The summed E-state index contributed by atoms with van der Waals surface area (Å²) in [6.45, 7) is 5.92. The first-order chi connectivity index (χ1) is 7.66. The molecule has 2 rings (SSSR count). The molecule has 0 amide bonds. The van der Waals surface area contributed by atoms with Crippen LogP contribution in [0, 0.1) is 0 Å². The summed E-state index contributed by atoms with van der Waals surface area (Å²) in [5.74, 6) is 0. The molecular formula is C15H17N. The van der Waals surface area contributed by atoms with E-state index in [-0.39, 0.29) is 6.04 Å². The largest absolute Gasteiger partial charge is 0.324 e. The van der Waals surface area contributed by atoms with Gasteiger partial charge in [-0.05, 0) is 35.7 Å². The molecule has 0 aliphatic rings. The summed E-state index contributed by atoms with van der Waals surface area (Å²) in [6, 6.07) is 14.8. The molecule has 2 aromatic rings. The predicted molar refractivity (Wildman–Crippen MR) is 70.3 cm³/mol. The van der Waals surface area contributed by atoms with Crippen LogP contribution in [0.25, 0.3) is 10.8 Å². The number of hydrogen-bond acceptors (Lipinski definition) is 1. The van der Waals surface area contributed by atoms with Gasteiger partial charge in [0.1, 0.15) is 0 Å². The van der Waals surface area contributed by atoms with Crippen molar-refractivity contribution < 1.29 is 0 Å². The van der Waals surface area contributed by atoms with E-state index in [0.29, 0.717) is 0 Å². The first-order valence-corrected chi connectivity index (χ1v) is 5.55. The molecule has 0 spiro atoms. The predicted octanol–water partition coefficient (Wildman–Crippen LogP) is 3.81. The number of fused-ring (bicyclic) bond motifs is 1. The Labute approximate surface area is 96.6 Å². The Bertz CT molecular complexity index is 514. The highest BCUT2D eigenvalue weighted by Crippen LogP contribution is 2.22. The SMILES string of the molecule is C=C(C)C[C@@H](N)c1ccc2ccccc2c1. The molecule has 2 N–H and O–H groups in total. The number of benzene rings is 2. The zero-order valence-corrected chi connectivity index (χ0v) is 9.61. The van der Waals surface area contributed by atoms with E-state index in [1.165, 1.54) is 16.3 Å². The van der Waals surface area contributed by atoms with Crippen LogP contribution < -0.4 is 5.73 Å². The Hall–Kier alpha value is -1.60. The van der Waals surface area contributed by atoms with E-state index in [0.717, 1.165) is 12.0 Å². The molecule has 1 nitrogen and oxygen atoms in total. The lowest BCUT2D eigenvalue weighted by molar-refractivity contribution is 0.718. The molecule has 0 aromatic heterocycles. The quantitative estimate of drug-likeness (QED) is 0.768. The third-order valence-corrected chi connectivity index (χ3v) is 2.77. The molecule has 0 unspecified atom stereocenters. The van der Waals surface area contributed by atoms with Gasteiger partial charge < -0.3 is 5.73 Å². The van der Waals surface area contributed by atoms with Gasteiger partial charge in [-0.3, -0.25) is 0 Å². The van der Waals surface area contributed by atoms with Crippen LogP contribution in [-0.2, 0) is 0 Å². The maximum atomic E-state index is 6.13. The summed E-state index contributed by atoms with van der Waals surface area (Å²) in [4.78, 5) is 0. The van der Waals surface area contributed by atoms with Crippen molar-refractivity contribution in [3.63, 3.8) is 0 Å². The van der Waals surface area contributed by atoms with Crippen LogP contribution in [0.5, 0.6) is 0 Å². The van der Waals surface area contributed by atoms with Gasteiger partial charge in [0, 0.05) is 6.04 Å². The lowest BCUT2D eigenvalue weighted by Gasteiger charge is -2.12. The Morgan fingerprint density at radius 3 is 2.56 bits per heavy atom. The second-order valence-corrected chi connectivity index (χ2v) is 4.37. The maximum absolute atomic E-state index is 6.13. The van der Waals surface area contributed by atoms with Gasteiger partial charge in [0.05, 0.1) is 0 Å². The van der Waals surface area contributed by atoms with Crippen LogP contribution in [0.2, 0.25) is 0 Å². The Morgan fingerprint density at radius 2 is 1.88 bits per heavy atom. The van der Waals surface area contributed by atoms with Crippen molar-refractivity contribution >= 4 is 10.8 Å². The fraction of sp³-hybridized carbons (Fsp3) is 0.200. The number of rotatable bonds is 3. The van der Waals surface area contributed by atoms with Crippen molar-refractivity contribution in [3.05, 3.63) is 60.2 Å². The smallest absolute Gasteiger partial charge is 0.0332 e. The molecule has 0 saturated heterocycles. The van der Waals surface area contributed by atoms with Crippen molar-refractivity contribution in [2.24, 2.45) is 5.73 Å². The fourth-order valence-electron chi connectivity index (χ4n) is 1.93. The van der Waals surface area contributed by atoms with Crippen molar-refractivity contribution in [2.75, 3.05) is 0 Å². The minimum absolute atomic E-state index is 0.0575. The normalized spacial score (nSPS) is 12.6. The minimum atomic E-state index is 0.0575. The Morgan fingerprint density at radius 1 is 1.19 bits per heavy atom. The van der Waals surface area contributed by atoms with E-state index in [9.17, 15) is 0 Å². The zero-order valence-electron chi connectivity index (χ0n) is 9.61. The second-order valence-electron chi connectivity index (χ2n) is 4.37. The minimum Gasteiger partial charge on any atom is -0.324 e. The summed E-state index contributed by atoms with van der Waals surface area (Å²) in [5, 5.41) is 2.51. The molecule has 0 radical (unpaired) electrons. The Balaban J connectivity index is 2.35. The van der Waals surface area contributed by atoms with E-state index in [4.69, 9.17) is 5.73 Å². The zero-order chi connectivity index (χ0) is 11.5. The van der Waals surface area contributed by atoms with E-state index in [2.05, 4.69) is 49.0 Å². The highest BCUT2D eigenvalue weighted by molar-refractivity contribution is 5.83. The molecule has 1 heteroatoms. The van der Waals surface area contributed by atoms with E-state index in [1.54, 1.807) is 0 Å². The molecule has 0 aliphatic carbocycles. The molecule has 0 saturated carbocycles. The van der Waals surface area contributed by atoms with Gasteiger partial charge in [-0.2, -0.15) is 0 Å². The van der Waals surface area contributed by atoms with Gasteiger partial charge in [-0.1, -0.05) is 42.0 Å². The topological polar surface area (TPSA) is 26.0 Å². The third kappa shape index (κ3) is 2.31. The van der Waals surface area contributed by atoms with Crippen molar-refractivity contribution in [2.45, 2.75) is 19.4 Å². The number of nitrogens with two attached hydrogens (primary N) is 1. The van der Waals surface area contributed by atoms with Crippen LogP contribution in [0.4, 0.5) is 0 Å². The third-order valence-electron chi connectivity index (χ3n) is 2.77. The first-order valence-electron chi connectivity index (χ1n) is 5.55. The number of hydrogen-bond donors (Lipinski definition) is 1. The van der Waals surface area contributed by atoms with Gasteiger partial charge in [-0.15, -0.1) is 6.58 Å². The highest BCUT2D eigenvalue weighted by Gasteiger charge is 2.06. The summed E-state index contributed by atoms with van der Waals surface area (Å²) in [5.41, 5.74) is 8.43. The van der Waals surface area contributed by atoms with Crippen LogP contribution >= 0.6 is 0 Å². The lowest BCUT2D eigenvalue weighted by Crippen LogP contribution is -2.10. The molecule has 0 aliphatic heterocycles. The molecule has 0 bridgehead atoms. The molecular weight excluding hydrogens is 194 g/mol. The lowest BCUT2D eigenvalue weighted by atomic mass is 9.98. The maximum Gasteiger partial charge on any atom is 0.0332 e. The highest BCUT2D eigenvalue weighted by atomic mass is 14.6. The summed E-state index contributed by atoms with van der Waals surface area (Å²) in [7, 11) is 0.